The van der Waals surface area contributed by atoms with Crippen molar-refractivity contribution in [2.45, 2.75) is 5.37 Å². The highest BCUT2D eigenvalue weighted by atomic mass is 35.5. The second-order valence-corrected chi connectivity index (χ2v) is 8.46. The molecule has 3 aromatic rings. The average molecular weight is 469 g/mol. The predicted octanol–water partition coefficient (Wildman–Crippen LogP) is 5.39. The molecule has 0 bridgehead atoms. The normalized spacial score (nSPS) is 15.5. The van der Waals surface area contributed by atoms with Crippen LogP contribution in [0.1, 0.15) is 21.3 Å². The van der Waals surface area contributed by atoms with Crippen molar-refractivity contribution in [1.82, 2.24) is 0 Å². The van der Waals surface area contributed by atoms with Gasteiger partial charge in [-0.1, -0.05) is 41.9 Å². The zero-order valence-electron chi connectivity index (χ0n) is 17.5. The van der Waals surface area contributed by atoms with Crippen LogP contribution in [0.5, 0.6) is 11.5 Å². The molecule has 0 unspecified atom stereocenters. The fraction of sp³-hybridized carbons (Fsp3) is 0.167. The number of hydrogen-bond acceptors (Lipinski definition) is 5. The number of para-hydroxylation sites is 1. The van der Waals surface area contributed by atoms with E-state index in [1.807, 2.05) is 24.3 Å². The summed E-state index contributed by atoms with van der Waals surface area (Å²) in [6, 6.07) is 19.7. The molecule has 0 aliphatic carbocycles. The largest absolute Gasteiger partial charge is 0.497 e. The van der Waals surface area contributed by atoms with E-state index in [1.54, 1.807) is 61.6 Å². The first-order valence-electron chi connectivity index (χ1n) is 9.84. The first-order chi connectivity index (χ1) is 15.5. The first kappa shape index (κ1) is 22.0. The summed E-state index contributed by atoms with van der Waals surface area (Å²) in [5.74, 6) is 1.12. The monoisotopic (exact) mass is 468 g/mol. The van der Waals surface area contributed by atoms with Crippen LogP contribution in [0.2, 0.25) is 5.02 Å². The molecule has 0 aromatic heterocycles. The van der Waals surface area contributed by atoms with Crippen LogP contribution in [0, 0.1) is 0 Å². The Morgan fingerprint density at radius 1 is 1.06 bits per heavy atom. The number of anilines is 2. The molecule has 164 valence electrons. The van der Waals surface area contributed by atoms with Gasteiger partial charge in [0.1, 0.15) is 16.9 Å². The molecular formula is C24H21ClN2O4S. The third-order valence-electron chi connectivity index (χ3n) is 5.11. The smallest absolute Gasteiger partial charge is 0.257 e. The number of benzene rings is 3. The number of methoxy groups -OCH3 is 2. The highest BCUT2D eigenvalue weighted by Crippen LogP contribution is 2.47. The molecule has 1 aliphatic heterocycles. The molecule has 1 heterocycles. The van der Waals surface area contributed by atoms with Gasteiger partial charge < -0.3 is 14.8 Å². The van der Waals surface area contributed by atoms with Crippen LogP contribution < -0.4 is 19.7 Å². The fourth-order valence-corrected chi connectivity index (χ4v) is 4.99. The summed E-state index contributed by atoms with van der Waals surface area (Å²) in [6.07, 6.45) is 0. The van der Waals surface area contributed by atoms with Crippen LogP contribution >= 0.6 is 23.4 Å². The number of carbonyl (C=O) groups excluding carboxylic acids is 2. The summed E-state index contributed by atoms with van der Waals surface area (Å²) < 4.78 is 10.8. The SMILES string of the molecule is COc1ccc(N2C(=O)CS[C@@H]2c2ccccc2NC(=O)c2ccccc2Cl)c(OC)c1. The van der Waals surface area contributed by atoms with Gasteiger partial charge in [0.25, 0.3) is 5.91 Å². The molecule has 2 amide bonds. The van der Waals surface area contributed by atoms with Crippen molar-refractivity contribution in [2.75, 3.05) is 30.2 Å². The van der Waals surface area contributed by atoms with E-state index in [9.17, 15) is 9.59 Å². The number of thioether (sulfide) groups is 1. The summed E-state index contributed by atoms with van der Waals surface area (Å²) >= 11 is 7.68. The van der Waals surface area contributed by atoms with Crippen LogP contribution in [-0.4, -0.2) is 31.8 Å². The molecule has 0 radical (unpaired) electrons. The molecule has 1 atom stereocenters. The van der Waals surface area contributed by atoms with Gasteiger partial charge in [0, 0.05) is 17.3 Å². The van der Waals surface area contributed by atoms with E-state index in [0.29, 0.717) is 39.2 Å². The quantitative estimate of drug-likeness (QED) is 0.525. The molecule has 8 heteroatoms. The maximum Gasteiger partial charge on any atom is 0.257 e. The second-order valence-electron chi connectivity index (χ2n) is 6.99. The topological polar surface area (TPSA) is 67.9 Å². The fourth-order valence-electron chi connectivity index (χ4n) is 3.56. The van der Waals surface area contributed by atoms with Gasteiger partial charge in [-0.2, -0.15) is 0 Å². The molecule has 32 heavy (non-hydrogen) atoms. The molecule has 1 aliphatic rings. The second kappa shape index (κ2) is 9.54. The third kappa shape index (κ3) is 4.26. The van der Waals surface area contributed by atoms with Crippen molar-refractivity contribution >= 4 is 46.6 Å². The number of halogens is 1. The van der Waals surface area contributed by atoms with Crippen LogP contribution in [0.4, 0.5) is 11.4 Å². The maximum atomic E-state index is 12.9. The summed E-state index contributed by atoms with van der Waals surface area (Å²) in [4.78, 5) is 27.5. The summed E-state index contributed by atoms with van der Waals surface area (Å²) in [5.41, 5.74) is 2.44. The van der Waals surface area contributed by atoms with Crippen LogP contribution in [0.3, 0.4) is 0 Å². The van der Waals surface area contributed by atoms with Crippen molar-refractivity contribution in [3.8, 4) is 11.5 Å². The molecule has 1 N–H and O–H groups in total. The van der Waals surface area contributed by atoms with E-state index in [4.69, 9.17) is 21.1 Å². The van der Waals surface area contributed by atoms with Crippen molar-refractivity contribution in [1.29, 1.82) is 0 Å². The Labute approximate surface area is 195 Å². The molecule has 0 saturated carbocycles. The molecule has 4 rings (SSSR count). The van der Waals surface area contributed by atoms with E-state index in [2.05, 4.69) is 5.32 Å². The molecule has 1 fully saturated rings. The van der Waals surface area contributed by atoms with Crippen molar-refractivity contribution in [3.05, 3.63) is 82.9 Å². The van der Waals surface area contributed by atoms with E-state index in [-0.39, 0.29) is 17.2 Å². The highest BCUT2D eigenvalue weighted by Gasteiger charge is 2.37. The lowest BCUT2D eigenvalue weighted by Crippen LogP contribution is -2.29. The van der Waals surface area contributed by atoms with Crippen LogP contribution in [0.15, 0.2) is 66.7 Å². The van der Waals surface area contributed by atoms with Crippen molar-refractivity contribution < 1.29 is 19.1 Å². The summed E-state index contributed by atoms with van der Waals surface area (Å²) in [7, 11) is 3.13. The predicted molar refractivity (Wildman–Crippen MR) is 128 cm³/mol. The Balaban J connectivity index is 1.70. The van der Waals surface area contributed by atoms with Gasteiger partial charge in [0.05, 0.1) is 36.2 Å². The number of ether oxygens (including phenoxy) is 2. The number of carbonyl (C=O) groups is 2. The highest BCUT2D eigenvalue weighted by molar-refractivity contribution is 8.00. The van der Waals surface area contributed by atoms with E-state index in [1.165, 1.54) is 11.8 Å². The molecular weight excluding hydrogens is 448 g/mol. The first-order valence-corrected chi connectivity index (χ1v) is 11.3. The van der Waals surface area contributed by atoms with E-state index in [0.717, 1.165) is 5.56 Å². The van der Waals surface area contributed by atoms with Gasteiger partial charge in [-0.3, -0.25) is 14.5 Å². The number of nitrogens with one attached hydrogen (secondary N) is 1. The van der Waals surface area contributed by atoms with Crippen LogP contribution in [-0.2, 0) is 4.79 Å². The lowest BCUT2D eigenvalue weighted by atomic mass is 10.1. The minimum absolute atomic E-state index is 0.0456. The van der Waals surface area contributed by atoms with Gasteiger partial charge in [-0.25, -0.2) is 0 Å². The Morgan fingerprint density at radius 3 is 2.56 bits per heavy atom. The third-order valence-corrected chi connectivity index (χ3v) is 6.63. The number of nitrogens with zero attached hydrogens (tertiary/aromatic N) is 1. The molecule has 6 nitrogen and oxygen atoms in total. The van der Waals surface area contributed by atoms with E-state index >= 15 is 0 Å². The van der Waals surface area contributed by atoms with Gasteiger partial charge >= 0.3 is 0 Å². The Morgan fingerprint density at radius 2 is 1.81 bits per heavy atom. The summed E-state index contributed by atoms with van der Waals surface area (Å²) in [5, 5.41) is 2.98. The number of hydrogen-bond donors (Lipinski definition) is 1. The van der Waals surface area contributed by atoms with Crippen LogP contribution in [0.25, 0.3) is 0 Å². The lowest BCUT2D eigenvalue weighted by Gasteiger charge is -2.27. The molecule has 3 aromatic carbocycles. The molecule has 1 saturated heterocycles. The molecule has 0 spiro atoms. The van der Waals surface area contributed by atoms with Crippen molar-refractivity contribution in [3.63, 3.8) is 0 Å². The minimum Gasteiger partial charge on any atom is -0.497 e. The standard InChI is InChI=1S/C24H21ClN2O4S/c1-30-15-11-12-20(21(13-15)31-2)27-22(28)14-32-24(27)17-8-4-6-10-19(17)26-23(29)16-7-3-5-9-18(16)25/h3-13,24H,14H2,1-2H3,(H,26,29)/t24-/m1/s1. The Hall–Kier alpha value is -3.16. The van der Waals surface area contributed by atoms with Gasteiger partial charge in [0.15, 0.2) is 0 Å². The average Bonchev–Trinajstić information content (AvgIpc) is 3.20. The zero-order valence-corrected chi connectivity index (χ0v) is 19.1. The number of rotatable bonds is 6. The minimum atomic E-state index is -0.340. The summed E-state index contributed by atoms with van der Waals surface area (Å²) in [6.45, 7) is 0. The van der Waals surface area contributed by atoms with Gasteiger partial charge in [-0.15, -0.1) is 11.8 Å². The lowest BCUT2D eigenvalue weighted by molar-refractivity contribution is -0.115. The Kier molecular flexibility index (Phi) is 6.58. The zero-order chi connectivity index (χ0) is 22.7. The van der Waals surface area contributed by atoms with Gasteiger partial charge in [0.2, 0.25) is 5.91 Å². The van der Waals surface area contributed by atoms with Crippen molar-refractivity contribution in [2.24, 2.45) is 0 Å². The Bertz CT molecular complexity index is 1170. The van der Waals surface area contributed by atoms with E-state index < -0.39 is 0 Å². The van der Waals surface area contributed by atoms with Gasteiger partial charge in [-0.05, 0) is 30.3 Å². The number of amides is 2. The maximum absolute atomic E-state index is 12.9.